The lowest BCUT2D eigenvalue weighted by Crippen LogP contribution is -2.63. The average molecular weight is 428 g/mol. The van der Waals surface area contributed by atoms with Crippen LogP contribution in [0.25, 0.3) is 0 Å². The van der Waals surface area contributed by atoms with E-state index in [1.807, 2.05) is 0 Å². The van der Waals surface area contributed by atoms with E-state index in [9.17, 15) is 34.8 Å². The number of fused-ring (bicyclic) bond motifs is 3. The molecule has 3 aliphatic carbocycles. The fourth-order valence-corrected chi connectivity index (χ4v) is 5.38. The van der Waals surface area contributed by atoms with Gasteiger partial charge in [-0.1, -0.05) is 0 Å². The zero-order chi connectivity index (χ0) is 23.0. The van der Waals surface area contributed by atoms with E-state index in [1.54, 1.807) is 19.0 Å². The first kappa shape index (κ1) is 21.1. The molecule has 0 saturated heterocycles. The molecule has 31 heavy (non-hydrogen) atoms. The second-order valence-corrected chi connectivity index (χ2v) is 8.68. The van der Waals surface area contributed by atoms with Gasteiger partial charge in [0.25, 0.3) is 0 Å². The van der Waals surface area contributed by atoms with Gasteiger partial charge in [-0.3, -0.25) is 19.3 Å². The van der Waals surface area contributed by atoms with E-state index in [0.717, 1.165) is 6.92 Å². The van der Waals surface area contributed by atoms with Crippen LogP contribution in [0.15, 0.2) is 34.8 Å². The molecule has 3 aliphatic rings. The summed E-state index contributed by atoms with van der Waals surface area (Å²) in [5, 5.41) is 43.6. The minimum Gasteiger partial charge on any atom is -0.510 e. The van der Waals surface area contributed by atoms with Gasteiger partial charge < -0.3 is 26.2 Å². The SMILES string of the molecule is CC(=O)C1=C(O)[C@@H](N(C)C)C2CC3Cc4c(N)ccc(O)c4C(=O)C3=C(O)[C@]2(O)C1=O. The van der Waals surface area contributed by atoms with Gasteiger partial charge in [0.05, 0.1) is 11.6 Å². The highest BCUT2D eigenvalue weighted by Crippen LogP contribution is 2.52. The number of hydrogen-bond acceptors (Lipinski definition) is 9. The topological polar surface area (TPSA) is 161 Å². The van der Waals surface area contributed by atoms with Crippen LogP contribution in [0.3, 0.4) is 0 Å². The van der Waals surface area contributed by atoms with Crippen molar-refractivity contribution in [1.29, 1.82) is 0 Å². The van der Waals surface area contributed by atoms with Crippen molar-refractivity contribution in [1.82, 2.24) is 4.90 Å². The molecule has 164 valence electrons. The highest BCUT2D eigenvalue weighted by atomic mass is 16.3. The van der Waals surface area contributed by atoms with Gasteiger partial charge in [0, 0.05) is 17.2 Å². The Bertz CT molecular complexity index is 1120. The molecular formula is C22H24N2O7. The summed E-state index contributed by atoms with van der Waals surface area (Å²) in [7, 11) is 3.23. The van der Waals surface area contributed by atoms with Crippen LogP contribution in [0.1, 0.15) is 29.3 Å². The lowest BCUT2D eigenvalue weighted by Gasteiger charge is -2.50. The molecule has 0 spiro atoms. The number of anilines is 1. The Balaban J connectivity index is 1.98. The number of aliphatic hydroxyl groups excluding tert-OH is 2. The molecule has 9 heteroatoms. The minimum absolute atomic E-state index is 0.0694. The third-order valence-corrected chi connectivity index (χ3v) is 6.75. The number of phenolic OH excluding ortho intramolecular Hbond substituents is 1. The molecule has 0 amide bonds. The molecular weight excluding hydrogens is 404 g/mol. The van der Waals surface area contributed by atoms with Crippen LogP contribution in [-0.2, 0) is 16.0 Å². The van der Waals surface area contributed by atoms with Crippen molar-refractivity contribution in [2.24, 2.45) is 11.8 Å². The van der Waals surface area contributed by atoms with Gasteiger partial charge in [-0.15, -0.1) is 0 Å². The van der Waals surface area contributed by atoms with Gasteiger partial charge in [0.1, 0.15) is 22.8 Å². The number of aliphatic hydroxyl groups is 3. The highest BCUT2D eigenvalue weighted by Gasteiger charge is 2.63. The molecule has 0 heterocycles. The molecule has 4 rings (SSSR count). The predicted octanol–water partition coefficient (Wildman–Crippen LogP) is 0.806. The summed E-state index contributed by atoms with van der Waals surface area (Å²) in [5.41, 5.74) is 3.36. The largest absolute Gasteiger partial charge is 0.510 e. The molecule has 4 atom stereocenters. The highest BCUT2D eigenvalue weighted by molar-refractivity contribution is 6.25. The Morgan fingerprint density at radius 3 is 2.42 bits per heavy atom. The third kappa shape index (κ3) is 2.60. The first-order chi connectivity index (χ1) is 14.4. The molecule has 6 N–H and O–H groups in total. The van der Waals surface area contributed by atoms with Crippen molar-refractivity contribution in [3.8, 4) is 5.75 Å². The van der Waals surface area contributed by atoms with Gasteiger partial charge in [0.2, 0.25) is 5.78 Å². The summed E-state index contributed by atoms with van der Waals surface area (Å²) in [6.07, 6.45) is 0.270. The maximum Gasteiger partial charge on any atom is 0.209 e. The molecule has 0 fully saturated rings. The smallest absolute Gasteiger partial charge is 0.209 e. The molecule has 0 bridgehead atoms. The van der Waals surface area contributed by atoms with E-state index in [1.165, 1.54) is 12.1 Å². The Hall–Kier alpha value is -3.17. The first-order valence-electron chi connectivity index (χ1n) is 9.89. The van der Waals surface area contributed by atoms with Crippen molar-refractivity contribution >= 4 is 23.0 Å². The van der Waals surface area contributed by atoms with Gasteiger partial charge in [-0.05, 0) is 57.5 Å². The van der Waals surface area contributed by atoms with Gasteiger partial charge in [0.15, 0.2) is 17.2 Å². The van der Waals surface area contributed by atoms with E-state index >= 15 is 0 Å². The van der Waals surface area contributed by atoms with Crippen LogP contribution >= 0.6 is 0 Å². The average Bonchev–Trinajstić information content (AvgIpc) is 2.67. The molecule has 1 aromatic carbocycles. The quantitative estimate of drug-likeness (QED) is 0.261. The van der Waals surface area contributed by atoms with Crippen molar-refractivity contribution in [2.45, 2.75) is 31.4 Å². The zero-order valence-electron chi connectivity index (χ0n) is 17.3. The number of likely N-dealkylation sites (N-methyl/N-ethyl adjacent to an activating group) is 1. The lowest BCUT2D eigenvalue weighted by molar-refractivity contribution is -0.148. The van der Waals surface area contributed by atoms with Crippen LogP contribution < -0.4 is 5.73 Å². The van der Waals surface area contributed by atoms with E-state index in [2.05, 4.69) is 0 Å². The summed E-state index contributed by atoms with van der Waals surface area (Å²) in [6.45, 7) is 1.08. The number of allylic oxidation sites excluding steroid dienone is 1. The molecule has 0 radical (unpaired) electrons. The van der Waals surface area contributed by atoms with Gasteiger partial charge in [-0.2, -0.15) is 0 Å². The molecule has 0 aliphatic heterocycles. The summed E-state index contributed by atoms with van der Waals surface area (Å²) >= 11 is 0. The van der Waals surface area contributed by atoms with Crippen LogP contribution in [0.4, 0.5) is 5.69 Å². The summed E-state index contributed by atoms with van der Waals surface area (Å²) in [5.74, 6) is -5.85. The zero-order valence-corrected chi connectivity index (χ0v) is 17.3. The fourth-order valence-electron chi connectivity index (χ4n) is 5.38. The van der Waals surface area contributed by atoms with Gasteiger partial charge in [-0.25, -0.2) is 0 Å². The van der Waals surface area contributed by atoms with Crippen molar-refractivity contribution < 1.29 is 34.8 Å². The van der Waals surface area contributed by atoms with E-state index in [4.69, 9.17) is 5.73 Å². The summed E-state index contributed by atoms with van der Waals surface area (Å²) in [4.78, 5) is 40.1. The van der Waals surface area contributed by atoms with Crippen LogP contribution in [0.2, 0.25) is 0 Å². The maximum atomic E-state index is 13.3. The van der Waals surface area contributed by atoms with Crippen molar-refractivity contribution in [2.75, 3.05) is 19.8 Å². The molecule has 9 nitrogen and oxygen atoms in total. The second kappa shape index (κ2) is 6.66. The van der Waals surface area contributed by atoms with Crippen molar-refractivity contribution in [3.63, 3.8) is 0 Å². The van der Waals surface area contributed by atoms with Gasteiger partial charge >= 0.3 is 0 Å². The summed E-state index contributed by atoms with van der Waals surface area (Å²) < 4.78 is 0. The Morgan fingerprint density at radius 1 is 1.19 bits per heavy atom. The number of hydrogen-bond donors (Lipinski definition) is 5. The lowest BCUT2D eigenvalue weighted by atomic mass is 9.58. The third-order valence-electron chi connectivity index (χ3n) is 6.75. The molecule has 0 aromatic heterocycles. The number of nitrogen functional groups attached to an aromatic ring is 1. The minimum atomic E-state index is -2.56. The number of benzene rings is 1. The first-order valence-corrected chi connectivity index (χ1v) is 9.89. The second-order valence-electron chi connectivity index (χ2n) is 8.68. The van der Waals surface area contributed by atoms with E-state index in [0.29, 0.717) is 11.3 Å². The number of ketones is 3. The number of nitrogens with zero attached hydrogens (tertiary/aromatic N) is 1. The fraction of sp³-hybridized carbons (Fsp3) is 0.409. The normalized spacial score (nSPS) is 30.3. The van der Waals surface area contributed by atoms with Crippen LogP contribution in [-0.4, -0.2) is 68.4 Å². The molecule has 1 aromatic rings. The van der Waals surface area contributed by atoms with Crippen LogP contribution in [0.5, 0.6) is 5.75 Å². The Morgan fingerprint density at radius 2 is 1.84 bits per heavy atom. The summed E-state index contributed by atoms with van der Waals surface area (Å²) in [6, 6.07) is 1.81. The standard InChI is InChI=1S/C22H24N2O7/c1-8(25)14-19(28)17(24(2)3)11-7-9-6-10-12(23)4-5-13(26)16(10)18(27)15(9)21(30)22(11,31)20(14)29/h4-5,9,11,17,26,28,30-31H,6-7,23H2,1-3H3/t9?,11?,17-,22+/m0/s1. The number of carbonyl (C=O) groups excluding carboxylic acids is 3. The van der Waals surface area contributed by atoms with E-state index in [-0.39, 0.29) is 29.7 Å². The number of rotatable bonds is 2. The van der Waals surface area contributed by atoms with Crippen LogP contribution in [0, 0.1) is 11.8 Å². The monoisotopic (exact) mass is 428 g/mol. The maximum absolute atomic E-state index is 13.3. The van der Waals surface area contributed by atoms with Crippen molar-refractivity contribution in [3.05, 3.63) is 45.9 Å². The molecule has 2 unspecified atom stereocenters. The number of carbonyl (C=O) groups is 3. The molecule has 0 saturated carbocycles. The Labute approximate surface area is 178 Å². The van der Waals surface area contributed by atoms with E-state index < -0.39 is 57.9 Å². The number of nitrogens with two attached hydrogens (primary N) is 1. The Kier molecular flexibility index (Phi) is 4.53. The number of Topliss-reactive ketones (excluding diaryl/α,β-unsaturated/α-hetero) is 3. The number of aromatic hydroxyl groups is 1. The number of phenols is 1. The predicted molar refractivity (Wildman–Crippen MR) is 110 cm³/mol.